The molecule has 0 spiro atoms. The highest BCUT2D eigenvalue weighted by Gasteiger charge is 2.21. The van der Waals surface area contributed by atoms with Gasteiger partial charge in [0.15, 0.2) is 5.82 Å². The summed E-state index contributed by atoms with van der Waals surface area (Å²) in [5.74, 6) is 0.467. The molecule has 8 nitrogen and oxygen atoms in total. The lowest BCUT2D eigenvalue weighted by Crippen LogP contribution is -2.27. The van der Waals surface area contributed by atoms with Gasteiger partial charge in [-0.05, 0) is 24.6 Å². The van der Waals surface area contributed by atoms with Gasteiger partial charge in [-0.2, -0.15) is 5.10 Å². The van der Waals surface area contributed by atoms with Crippen LogP contribution in [0.2, 0.25) is 0 Å². The fourth-order valence-corrected chi connectivity index (χ4v) is 2.35. The number of rotatable bonds is 4. The lowest BCUT2D eigenvalue weighted by molar-refractivity contribution is 0.252. The number of anilines is 3. The average molecular weight is 314 g/mol. The van der Waals surface area contributed by atoms with E-state index in [1.54, 1.807) is 29.2 Å². The van der Waals surface area contributed by atoms with E-state index < -0.39 is 0 Å². The van der Waals surface area contributed by atoms with Crippen LogP contribution in [0.3, 0.4) is 0 Å². The first-order valence-corrected chi connectivity index (χ1v) is 7.43. The van der Waals surface area contributed by atoms with Crippen LogP contribution in [0.15, 0.2) is 30.3 Å². The maximum atomic E-state index is 12.0. The second-order valence-electron chi connectivity index (χ2n) is 5.14. The second kappa shape index (κ2) is 6.39. The molecule has 0 unspecified atom stereocenters. The number of aromatic amines is 1. The number of H-pyrrole nitrogens is 1. The predicted octanol–water partition coefficient (Wildman–Crippen LogP) is 2.15. The summed E-state index contributed by atoms with van der Waals surface area (Å²) in [5, 5.41) is 15.0. The Balaban J connectivity index is 1.65. The minimum Gasteiger partial charge on any atom is -0.336 e. The molecule has 4 N–H and O–H groups in total. The van der Waals surface area contributed by atoms with Crippen LogP contribution in [0.4, 0.5) is 26.8 Å². The molecule has 120 valence electrons. The van der Waals surface area contributed by atoms with Crippen LogP contribution >= 0.6 is 0 Å². The summed E-state index contributed by atoms with van der Waals surface area (Å²) >= 11 is 0. The predicted molar refractivity (Wildman–Crippen MR) is 87.8 cm³/mol. The average Bonchev–Trinajstić information content (AvgIpc) is 3.16. The topological polar surface area (TPSA) is 102 Å². The Morgan fingerprint density at radius 2 is 2.22 bits per heavy atom. The van der Waals surface area contributed by atoms with Gasteiger partial charge in [-0.3, -0.25) is 15.3 Å². The van der Waals surface area contributed by atoms with Crippen LogP contribution in [0, 0.1) is 0 Å². The smallest absolute Gasteiger partial charge is 0.324 e. The minimum atomic E-state index is -0.387. The van der Waals surface area contributed by atoms with E-state index in [0.717, 1.165) is 17.8 Å². The summed E-state index contributed by atoms with van der Waals surface area (Å²) in [5.41, 5.74) is 2.29. The Bertz CT molecular complexity index is 726. The summed E-state index contributed by atoms with van der Waals surface area (Å²) in [6.45, 7) is 3.23. The Hall–Kier alpha value is -3.03. The fraction of sp³-hybridized carbons (Fsp3) is 0.267. The number of hydrogen-bond donors (Lipinski definition) is 4. The number of hydrogen-bond acceptors (Lipinski definition) is 3. The van der Waals surface area contributed by atoms with Crippen LogP contribution in [0.25, 0.3) is 0 Å². The molecular weight excluding hydrogens is 296 g/mol. The Kier molecular flexibility index (Phi) is 4.13. The van der Waals surface area contributed by atoms with Crippen molar-refractivity contribution in [1.29, 1.82) is 0 Å². The summed E-state index contributed by atoms with van der Waals surface area (Å²) in [6.07, 6.45) is 0.816. The van der Waals surface area contributed by atoms with E-state index in [0.29, 0.717) is 24.6 Å². The van der Waals surface area contributed by atoms with Crippen LogP contribution < -0.4 is 20.9 Å². The molecule has 2 aromatic rings. The van der Waals surface area contributed by atoms with Crippen molar-refractivity contribution in [2.24, 2.45) is 0 Å². The number of aromatic nitrogens is 2. The molecule has 4 amide bonds. The van der Waals surface area contributed by atoms with Crippen LogP contribution in [-0.2, 0) is 6.42 Å². The quantitative estimate of drug-likeness (QED) is 0.695. The number of benzene rings is 1. The second-order valence-corrected chi connectivity index (χ2v) is 5.14. The minimum absolute atomic E-state index is 0.129. The van der Waals surface area contributed by atoms with Gasteiger partial charge >= 0.3 is 12.1 Å². The molecule has 1 fully saturated rings. The van der Waals surface area contributed by atoms with Crippen molar-refractivity contribution in [1.82, 2.24) is 15.5 Å². The first-order chi connectivity index (χ1) is 11.2. The lowest BCUT2D eigenvalue weighted by Gasteiger charge is -2.15. The monoisotopic (exact) mass is 314 g/mol. The standard InChI is InChI=1S/C15H18N6O2/c1-2-10-9-13(20-19-10)18-14(22)17-11-4-3-5-12(8-11)21-7-6-16-15(21)23/h3-5,8-9H,2,6-7H2,1H3,(H,16,23)(H3,17,18,19,20,22). The largest absolute Gasteiger partial charge is 0.336 e. The molecule has 2 heterocycles. The molecule has 0 bridgehead atoms. The Labute approximate surface area is 133 Å². The van der Waals surface area contributed by atoms with Crippen molar-refractivity contribution in [3.8, 4) is 0 Å². The van der Waals surface area contributed by atoms with E-state index in [1.807, 2.05) is 13.0 Å². The highest BCUT2D eigenvalue weighted by molar-refractivity contribution is 6.00. The molecule has 1 aromatic heterocycles. The third kappa shape index (κ3) is 3.42. The zero-order valence-electron chi connectivity index (χ0n) is 12.7. The van der Waals surface area contributed by atoms with Crippen LogP contribution in [-0.4, -0.2) is 35.3 Å². The van der Waals surface area contributed by atoms with Gasteiger partial charge in [0.25, 0.3) is 0 Å². The summed E-state index contributed by atoms with van der Waals surface area (Å²) in [7, 11) is 0. The first-order valence-electron chi connectivity index (χ1n) is 7.43. The number of carbonyl (C=O) groups excluding carboxylic acids is 2. The highest BCUT2D eigenvalue weighted by atomic mass is 16.2. The SMILES string of the molecule is CCc1cc(NC(=O)Nc2cccc(N3CCNC3=O)c2)n[nH]1. The molecule has 1 saturated heterocycles. The van der Waals surface area contributed by atoms with Gasteiger partial charge < -0.3 is 10.6 Å². The third-order valence-corrected chi connectivity index (χ3v) is 3.53. The number of amides is 4. The van der Waals surface area contributed by atoms with Gasteiger partial charge in [0.1, 0.15) is 0 Å². The summed E-state index contributed by atoms with van der Waals surface area (Å²) < 4.78 is 0. The lowest BCUT2D eigenvalue weighted by atomic mass is 10.2. The molecule has 1 aliphatic rings. The van der Waals surface area contributed by atoms with E-state index in [-0.39, 0.29) is 12.1 Å². The van der Waals surface area contributed by atoms with Gasteiger partial charge in [-0.15, -0.1) is 0 Å². The number of nitrogens with zero attached hydrogens (tertiary/aromatic N) is 2. The van der Waals surface area contributed by atoms with Crippen LogP contribution in [0.1, 0.15) is 12.6 Å². The maximum absolute atomic E-state index is 12.0. The Morgan fingerprint density at radius 3 is 2.91 bits per heavy atom. The number of nitrogens with one attached hydrogen (secondary N) is 4. The molecule has 8 heteroatoms. The van der Waals surface area contributed by atoms with E-state index >= 15 is 0 Å². The molecule has 0 radical (unpaired) electrons. The van der Waals surface area contributed by atoms with Crippen molar-refractivity contribution < 1.29 is 9.59 Å². The molecule has 0 saturated carbocycles. The molecule has 0 atom stereocenters. The molecule has 0 aliphatic carbocycles. The van der Waals surface area contributed by atoms with Crippen molar-refractivity contribution in [3.05, 3.63) is 36.0 Å². The first kappa shape index (κ1) is 14.9. The zero-order chi connectivity index (χ0) is 16.2. The van der Waals surface area contributed by atoms with E-state index in [4.69, 9.17) is 0 Å². The van der Waals surface area contributed by atoms with Crippen LogP contribution in [0.5, 0.6) is 0 Å². The molecular formula is C15H18N6O2. The molecule has 1 aliphatic heterocycles. The van der Waals surface area contributed by atoms with Gasteiger partial charge in [-0.25, -0.2) is 9.59 Å². The third-order valence-electron chi connectivity index (χ3n) is 3.53. The number of carbonyl (C=O) groups is 2. The van der Waals surface area contributed by atoms with Crippen molar-refractivity contribution in [2.75, 3.05) is 28.6 Å². The van der Waals surface area contributed by atoms with Crippen molar-refractivity contribution >= 4 is 29.3 Å². The summed E-state index contributed by atoms with van der Waals surface area (Å²) in [4.78, 5) is 25.3. The zero-order valence-corrected chi connectivity index (χ0v) is 12.7. The van der Waals surface area contributed by atoms with E-state index in [2.05, 4.69) is 26.1 Å². The molecule has 3 rings (SSSR count). The van der Waals surface area contributed by atoms with E-state index in [1.165, 1.54) is 0 Å². The highest BCUT2D eigenvalue weighted by Crippen LogP contribution is 2.21. The van der Waals surface area contributed by atoms with Gasteiger partial charge in [0.05, 0.1) is 0 Å². The van der Waals surface area contributed by atoms with Gasteiger partial charge in [0, 0.05) is 36.2 Å². The fourth-order valence-electron chi connectivity index (χ4n) is 2.35. The van der Waals surface area contributed by atoms with Crippen molar-refractivity contribution in [3.63, 3.8) is 0 Å². The van der Waals surface area contributed by atoms with Crippen molar-refractivity contribution in [2.45, 2.75) is 13.3 Å². The number of aryl methyl sites for hydroxylation is 1. The number of urea groups is 2. The van der Waals surface area contributed by atoms with Gasteiger partial charge in [0.2, 0.25) is 0 Å². The molecule has 1 aromatic carbocycles. The van der Waals surface area contributed by atoms with E-state index in [9.17, 15) is 9.59 Å². The summed E-state index contributed by atoms with van der Waals surface area (Å²) in [6, 6.07) is 8.41. The normalized spacial score (nSPS) is 13.8. The van der Waals surface area contributed by atoms with Gasteiger partial charge in [-0.1, -0.05) is 13.0 Å². The Morgan fingerprint density at radius 1 is 1.35 bits per heavy atom. The maximum Gasteiger partial charge on any atom is 0.324 e. The molecule has 23 heavy (non-hydrogen) atoms.